The lowest BCUT2D eigenvalue weighted by Crippen LogP contribution is -2.19. The van der Waals surface area contributed by atoms with Crippen molar-refractivity contribution in [3.05, 3.63) is 69.8 Å². The molecule has 0 fully saturated rings. The molecule has 0 aromatic heterocycles. The van der Waals surface area contributed by atoms with Gasteiger partial charge in [-0.2, -0.15) is 0 Å². The molecule has 0 saturated carbocycles. The fourth-order valence-corrected chi connectivity index (χ4v) is 2.20. The van der Waals surface area contributed by atoms with Gasteiger partial charge in [-0.3, -0.25) is 14.9 Å². The Balaban J connectivity index is 2.35. The number of aliphatic hydroxyl groups is 1. The second-order valence-electron chi connectivity index (χ2n) is 4.86. The second kappa shape index (κ2) is 7.37. The van der Waals surface area contributed by atoms with Crippen LogP contribution in [0.1, 0.15) is 22.0 Å². The van der Waals surface area contributed by atoms with Crippen LogP contribution in [0.15, 0.2) is 48.5 Å². The Bertz CT molecular complexity index is 704. The van der Waals surface area contributed by atoms with Gasteiger partial charge in [0.1, 0.15) is 5.69 Å². The highest BCUT2D eigenvalue weighted by atomic mass is 16.6. The monoisotopic (exact) mass is 315 g/mol. The van der Waals surface area contributed by atoms with Crippen molar-refractivity contribution in [2.24, 2.45) is 0 Å². The van der Waals surface area contributed by atoms with Crippen molar-refractivity contribution in [2.75, 3.05) is 19.0 Å². The van der Waals surface area contributed by atoms with Crippen LogP contribution in [-0.2, 0) is 0 Å². The van der Waals surface area contributed by atoms with Crippen molar-refractivity contribution in [3.8, 4) is 0 Å². The Hall–Kier alpha value is -2.93. The summed E-state index contributed by atoms with van der Waals surface area (Å²) in [7, 11) is 1.46. The van der Waals surface area contributed by atoms with E-state index in [0.29, 0.717) is 0 Å². The van der Waals surface area contributed by atoms with Crippen molar-refractivity contribution >= 4 is 17.3 Å². The predicted octanol–water partition coefficient (Wildman–Crippen LogP) is 2.10. The SMILES string of the molecule is CNC(=O)c1ccc(N[C@H](CO)c2ccccc2)c([N+](=O)[O-])c1. The molecule has 2 aromatic carbocycles. The van der Waals surface area contributed by atoms with Gasteiger partial charge in [0.25, 0.3) is 11.6 Å². The number of nitrogens with zero attached hydrogens (tertiary/aromatic N) is 1. The molecule has 2 rings (SSSR count). The van der Waals surface area contributed by atoms with Crippen molar-refractivity contribution in [2.45, 2.75) is 6.04 Å². The molecular weight excluding hydrogens is 298 g/mol. The molecule has 0 heterocycles. The average molecular weight is 315 g/mol. The van der Waals surface area contributed by atoms with E-state index >= 15 is 0 Å². The lowest BCUT2D eigenvalue weighted by atomic mass is 10.1. The molecule has 0 spiro atoms. The quantitative estimate of drug-likeness (QED) is 0.559. The molecule has 0 bridgehead atoms. The number of aliphatic hydroxyl groups excluding tert-OH is 1. The number of benzene rings is 2. The summed E-state index contributed by atoms with van der Waals surface area (Å²) in [5.41, 5.74) is 1.02. The van der Waals surface area contributed by atoms with Crippen LogP contribution in [0.5, 0.6) is 0 Å². The van der Waals surface area contributed by atoms with E-state index in [1.807, 2.05) is 30.3 Å². The lowest BCUT2D eigenvalue weighted by molar-refractivity contribution is -0.384. The molecule has 120 valence electrons. The van der Waals surface area contributed by atoms with Crippen LogP contribution < -0.4 is 10.6 Å². The fourth-order valence-electron chi connectivity index (χ4n) is 2.20. The maximum atomic E-state index is 11.6. The third-order valence-corrected chi connectivity index (χ3v) is 3.40. The number of hydrogen-bond donors (Lipinski definition) is 3. The van der Waals surface area contributed by atoms with Crippen molar-refractivity contribution in [1.29, 1.82) is 0 Å². The molecule has 3 N–H and O–H groups in total. The average Bonchev–Trinajstić information content (AvgIpc) is 2.59. The van der Waals surface area contributed by atoms with Crippen LogP contribution in [0.3, 0.4) is 0 Å². The van der Waals surface area contributed by atoms with Crippen LogP contribution in [0.25, 0.3) is 0 Å². The molecule has 0 saturated heterocycles. The standard InChI is InChI=1S/C16H17N3O4/c1-17-16(21)12-7-8-13(15(9-12)19(22)23)18-14(10-20)11-5-3-2-4-6-11/h2-9,14,18,20H,10H2,1H3,(H,17,21)/t14-/m1/s1. The van der Waals surface area contributed by atoms with Crippen LogP contribution in [0.2, 0.25) is 0 Å². The molecule has 23 heavy (non-hydrogen) atoms. The Morgan fingerprint density at radius 3 is 2.52 bits per heavy atom. The van der Waals surface area contributed by atoms with Crippen LogP contribution in [0, 0.1) is 10.1 Å². The molecule has 1 atom stereocenters. The summed E-state index contributed by atoms with van der Waals surface area (Å²) in [6, 6.07) is 12.8. The van der Waals surface area contributed by atoms with E-state index in [0.717, 1.165) is 5.56 Å². The zero-order valence-electron chi connectivity index (χ0n) is 12.5. The Labute approximate surface area is 133 Å². The third kappa shape index (κ3) is 3.83. The van der Waals surface area contributed by atoms with Gasteiger partial charge >= 0.3 is 0 Å². The highest BCUT2D eigenvalue weighted by molar-refractivity contribution is 5.95. The number of nitrogens with one attached hydrogen (secondary N) is 2. The molecule has 7 nitrogen and oxygen atoms in total. The second-order valence-corrected chi connectivity index (χ2v) is 4.86. The van der Waals surface area contributed by atoms with Gasteiger partial charge in [0, 0.05) is 18.7 Å². The largest absolute Gasteiger partial charge is 0.394 e. The lowest BCUT2D eigenvalue weighted by Gasteiger charge is -2.18. The number of carbonyl (C=O) groups excluding carboxylic acids is 1. The first-order valence-electron chi connectivity index (χ1n) is 6.99. The summed E-state index contributed by atoms with van der Waals surface area (Å²) in [5.74, 6) is -0.401. The van der Waals surface area contributed by atoms with Gasteiger partial charge in [-0.15, -0.1) is 0 Å². The molecule has 0 aliphatic rings. The summed E-state index contributed by atoms with van der Waals surface area (Å²) >= 11 is 0. The maximum Gasteiger partial charge on any atom is 0.293 e. The van der Waals surface area contributed by atoms with Gasteiger partial charge in [-0.1, -0.05) is 30.3 Å². The van der Waals surface area contributed by atoms with Gasteiger partial charge in [0.2, 0.25) is 0 Å². The van der Waals surface area contributed by atoms with E-state index in [2.05, 4.69) is 10.6 Å². The van der Waals surface area contributed by atoms with E-state index in [4.69, 9.17) is 0 Å². The van der Waals surface area contributed by atoms with Gasteiger partial charge in [-0.25, -0.2) is 0 Å². The molecular formula is C16H17N3O4. The van der Waals surface area contributed by atoms with Gasteiger partial charge in [-0.05, 0) is 17.7 Å². The van der Waals surface area contributed by atoms with Crippen molar-refractivity contribution in [1.82, 2.24) is 5.32 Å². The number of hydrogen-bond acceptors (Lipinski definition) is 5. The Morgan fingerprint density at radius 1 is 1.26 bits per heavy atom. The topological polar surface area (TPSA) is 104 Å². The minimum Gasteiger partial charge on any atom is -0.394 e. The maximum absolute atomic E-state index is 11.6. The number of nitro groups is 1. The van der Waals surface area contributed by atoms with Crippen LogP contribution >= 0.6 is 0 Å². The van der Waals surface area contributed by atoms with Gasteiger partial charge in [0.15, 0.2) is 0 Å². The van der Waals surface area contributed by atoms with Crippen molar-refractivity contribution in [3.63, 3.8) is 0 Å². The van der Waals surface area contributed by atoms with E-state index in [9.17, 15) is 20.0 Å². The minimum absolute atomic E-state index is 0.199. The number of nitro benzene ring substituents is 1. The van der Waals surface area contributed by atoms with Gasteiger partial charge < -0.3 is 15.7 Å². The number of carbonyl (C=O) groups is 1. The highest BCUT2D eigenvalue weighted by Gasteiger charge is 2.20. The first kappa shape index (κ1) is 16.4. The Kier molecular flexibility index (Phi) is 5.27. The first-order valence-corrected chi connectivity index (χ1v) is 6.99. The molecule has 0 aliphatic carbocycles. The molecule has 7 heteroatoms. The van der Waals surface area contributed by atoms with Crippen LogP contribution in [0.4, 0.5) is 11.4 Å². The van der Waals surface area contributed by atoms with E-state index in [1.54, 1.807) is 0 Å². The smallest absolute Gasteiger partial charge is 0.293 e. The minimum atomic E-state index is -0.561. The zero-order chi connectivity index (χ0) is 16.8. The normalized spacial score (nSPS) is 11.6. The summed E-state index contributed by atoms with van der Waals surface area (Å²) in [4.78, 5) is 22.3. The highest BCUT2D eigenvalue weighted by Crippen LogP contribution is 2.29. The molecule has 2 aromatic rings. The summed E-state index contributed by atoms with van der Waals surface area (Å²) in [5, 5.41) is 26.2. The van der Waals surface area contributed by atoms with Crippen LogP contribution in [-0.4, -0.2) is 29.6 Å². The Morgan fingerprint density at radius 2 is 1.96 bits per heavy atom. The summed E-state index contributed by atoms with van der Waals surface area (Å²) < 4.78 is 0. The summed E-state index contributed by atoms with van der Waals surface area (Å²) in [6.07, 6.45) is 0. The van der Waals surface area contributed by atoms with E-state index in [1.165, 1.54) is 25.2 Å². The zero-order valence-corrected chi connectivity index (χ0v) is 12.5. The van der Waals surface area contributed by atoms with Crippen molar-refractivity contribution < 1.29 is 14.8 Å². The number of amides is 1. The number of anilines is 1. The molecule has 1 amide bonds. The predicted molar refractivity (Wildman–Crippen MR) is 86.4 cm³/mol. The molecule has 0 aliphatic heterocycles. The van der Waals surface area contributed by atoms with Gasteiger partial charge in [0.05, 0.1) is 17.6 Å². The van der Waals surface area contributed by atoms with E-state index in [-0.39, 0.29) is 23.5 Å². The number of rotatable bonds is 6. The molecule has 0 radical (unpaired) electrons. The first-order chi connectivity index (χ1) is 11.1. The van der Waals surface area contributed by atoms with E-state index < -0.39 is 16.9 Å². The third-order valence-electron chi connectivity index (χ3n) is 3.40. The fraction of sp³-hybridized carbons (Fsp3) is 0.188. The summed E-state index contributed by atoms with van der Waals surface area (Å²) in [6.45, 7) is -0.224. The molecule has 0 unspecified atom stereocenters.